The quantitative estimate of drug-likeness (QED) is 0.139. The number of carbonyl (C=O) groups excluding carboxylic acids is 1. The molecule has 6 atom stereocenters. The molecule has 1 aromatic rings. The Labute approximate surface area is 310 Å². The molecule has 8 nitrogen and oxygen atoms in total. The van der Waals surface area contributed by atoms with Crippen LogP contribution in [0.3, 0.4) is 0 Å². The Morgan fingerprint density at radius 1 is 1.00 bits per heavy atom. The van der Waals surface area contributed by atoms with Crippen molar-refractivity contribution in [3.8, 4) is 5.75 Å². The standard InChI is InChI=1S/C36H55N3O5.C5H12.C2H6/c1-35(21-24-4-3-5-25(18-24)22-35)31-20-29-26(19-32(31)40)6-7-28-27(29)10-11-36(2)30(28)8-9-33(36)39-44-23-34(41)38-13-15-43-17-16-42-14-12-37;1-4-5(2)3;1-2/h19-20,24-25,27-28,30,40H,3-18,21-23,37H2,1-2H3,(H,38,41);5H,4H2,1-3H3;1-2H3/b39-33+;;/t24?,25?,27?,28?,30?,35?,36-;;/m0../s1. The molecule has 0 spiro atoms. The van der Waals surface area contributed by atoms with Gasteiger partial charge in [-0.15, -0.1) is 0 Å². The summed E-state index contributed by atoms with van der Waals surface area (Å²) in [5.41, 5.74) is 10.8. The number of nitrogens with one attached hydrogen (secondary N) is 1. The van der Waals surface area contributed by atoms with Crippen molar-refractivity contribution in [2.24, 2.45) is 45.9 Å². The number of hydrogen-bond donors (Lipinski definition) is 3. The number of ether oxygens (including phenoxy) is 2. The maximum atomic E-state index is 12.3. The first kappa shape index (κ1) is 41.6. The summed E-state index contributed by atoms with van der Waals surface area (Å²) < 4.78 is 10.7. The molecule has 0 saturated heterocycles. The van der Waals surface area contributed by atoms with Gasteiger partial charge in [0.05, 0.1) is 32.1 Å². The molecule has 2 bridgehead atoms. The lowest BCUT2D eigenvalue weighted by atomic mass is 9.54. The Kier molecular flexibility index (Phi) is 16.1. The van der Waals surface area contributed by atoms with Gasteiger partial charge in [-0.2, -0.15) is 0 Å². The van der Waals surface area contributed by atoms with Crippen LogP contribution < -0.4 is 11.1 Å². The monoisotopic (exact) mass is 712 g/mol. The lowest BCUT2D eigenvalue weighted by Crippen LogP contribution is -2.43. The van der Waals surface area contributed by atoms with Crippen LogP contribution in [0.2, 0.25) is 0 Å². The molecule has 0 aromatic heterocycles. The van der Waals surface area contributed by atoms with Crippen LogP contribution in [0.25, 0.3) is 0 Å². The van der Waals surface area contributed by atoms with E-state index in [0.29, 0.717) is 63.0 Å². The Morgan fingerprint density at radius 3 is 2.35 bits per heavy atom. The van der Waals surface area contributed by atoms with E-state index in [-0.39, 0.29) is 23.3 Å². The van der Waals surface area contributed by atoms with Crippen LogP contribution in [0, 0.1) is 35.0 Å². The first-order valence-electron chi connectivity index (χ1n) is 20.8. The number of benzene rings is 1. The van der Waals surface area contributed by atoms with Crippen molar-refractivity contribution < 1.29 is 24.2 Å². The van der Waals surface area contributed by atoms with Crippen molar-refractivity contribution in [2.45, 2.75) is 143 Å². The maximum Gasteiger partial charge on any atom is 0.260 e. The van der Waals surface area contributed by atoms with Crippen LogP contribution in [-0.2, 0) is 30.9 Å². The average molecular weight is 712 g/mol. The maximum absolute atomic E-state index is 12.3. The Morgan fingerprint density at radius 2 is 1.69 bits per heavy atom. The molecule has 8 heteroatoms. The van der Waals surface area contributed by atoms with Crippen molar-refractivity contribution in [3.63, 3.8) is 0 Å². The Balaban J connectivity index is 0.000000768. The van der Waals surface area contributed by atoms with Crippen molar-refractivity contribution >= 4 is 11.6 Å². The normalized spacial score (nSPS) is 31.3. The van der Waals surface area contributed by atoms with Crippen molar-refractivity contribution in [1.29, 1.82) is 0 Å². The largest absolute Gasteiger partial charge is 0.508 e. The summed E-state index contributed by atoms with van der Waals surface area (Å²) in [6.45, 7) is 18.3. The molecule has 1 aromatic carbocycles. The van der Waals surface area contributed by atoms with Gasteiger partial charge in [-0.3, -0.25) is 4.79 Å². The number of phenols is 1. The zero-order valence-corrected chi connectivity index (χ0v) is 33.4. The minimum Gasteiger partial charge on any atom is -0.508 e. The lowest BCUT2D eigenvalue weighted by Gasteiger charge is -2.50. The topological polar surface area (TPSA) is 115 Å². The van der Waals surface area contributed by atoms with Gasteiger partial charge in [0, 0.05) is 24.1 Å². The minimum absolute atomic E-state index is 0.0293. The third-order valence-electron chi connectivity index (χ3n) is 13.0. The van der Waals surface area contributed by atoms with Gasteiger partial charge in [-0.1, -0.05) is 85.4 Å². The third kappa shape index (κ3) is 10.5. The highest BCUT2D eigenvalue weighted by Gasteiger charge is 2.54. The van der Waals surface area contributed by atoms with Crippen LogP contribution in [-0.4, -0.2) is 62.8 Å². The number of aryl methyl sites for hydroxylation is 1. The summed E-state index contributed by atoms with van der Waals surface area (Å²) >= 11 is 0. The summed E-state index contributed by atoms with van der Waals surface area (Å²) in [7, 11) is 0. The zero-order chi connectivity index (χ0) is 37.0. The van der Waals surface area contributed by atoms with Crippen molar-refractivity contribution in [1.82, 2.24) is 5.32 Å². The Hall–Kier alpha value is -2.16. The van der Waals surface area contributed by atoms with E-state index in [2.05, 4.69) is 57.2 Å². The van der Waals surface area contributed by atoms with Crippen molar-refractivity contribution in [2.75, 3.05) is 46.1 Å². The van der Waals surface area contributed by atoms with Gasteiger partial charge in [0.1, 0.15) is 5.75 Å². The molecule has 4 N–H and O–H groups in total. The van der Waals surface area contributed by atoms with Gasteiger partial charge in [0.2, 0.25) is 0 Å². The number of amides is 1. The first-order chi connectivity index (χ1) is 24.6. The number of aromatic hydroxyl groups is 1. The summed E-state index contributed by atoms with van der Waals surface area (Å²) in [5.74, 6) is 4.66. The summed E-state index contributed by atoms with van der Waals surface area (Å²) in [6.07, 6.45) is 15.8. The zero-order valence-electron chi connectivity index (χ0n) is 33.4. The first-order valence-corrected chi connectivity index (χ1v) is 20.8. The number of oxime groups is 1. The second-order valence-electron chi connectivity index (χ2n) is 16.8. The van der Waals surface area contributed by atoms with E-state index >= 15 is 0 Å². The fourth-order valence-corrected chi connectivity index (χ4v) is 10.3. The van der Waals surface area contributed by atoms with Gasteiger partial charge < -0.3 is 30.5 Å². The predicted molar refractivity (Wildman–Crippen MR) is 208 cm³/mol. The number of fused-ring (bicyclic) bond motifs is 7. The van der Waals surface area contributed by atoms with E-state index in [1.807, 2.05) is 13.8 Å². The summed E-state index contributed by atoms with van der Waals surface area (Å²) in [6, 6.07) is 4.62. The highest BCUT2D eigenvalue weighted by atomic mass is 16.6. The molecule has 6 rings (SSSR count). The van der Waals surface area contributed by atoms with Crippen LogP contribution >= 0.6 is 0 Å². The number of phenolic OH excluding ortho intramolecular Hbond substituents is 1. The highest BCUT2D eigenvalue weighted by Crippen LogP contribution is 2.61. The van der Waals surface area contributed by atoms with E-state index in [1.54, 1.807) is 0 Å². The molecule has 0 aliphatic heterocycles. The highest BCUT2D eigenvalue weighted by molar-refractivity contribution is 5.92. The number of nitrogens with zero attached hydrogens (tertiary/aromatic N) is 1. The van der Waals surface area contributed by atoms with Crippen LogP contribution in [0.4, 0.5) is 0 Å². The molecule has 1 amide bonds. The van der Waals surface area contributed by atoms with E-state index in [1.165, 1.54) is 68.1 Å². The molecule has 4 saturated carbocycles. The fraction of sp³-hybridized carbons (Fsp3) is 0.814. The van der Waals surface area contributed by atoms with E-state index in [4.69, 9.17) is 20.0 Å². The van der Waals surface area contributed by atoms with Crippen LogP contribution in [0.1, 0.15) is 148 Å². The summed E-state index contributed by atoms with van der Waals surface area (Å²) in [5, 5.41) is 18.7. The molecule has 4 fully saturated rings. The molecular weight excluding hydrogens is 638 g/mol. The number of carbonyl (C=O) groups is 1. The van der Waals surface area contributed by atoms with Crippen LogP contribution in [0.15, 0.2) is 17.3 Å². The molecule has 5 aliphatic rings. The van der Waals surface area contributed by atoms with Gasteiger partial charge in [-0.25, -0.2) is 0 Å². The Bertz CT molecular complexity index is 1250. The smallest absolute Gasteiger partial charge is 0.260 e. The van der Waals surface area contributed by atoms with Crippen molar-refractivity contribution in [3.05, 3.63) is 28.8 Å². The second kappa shape index (κ2) is 19.8. The fourth-order valence-electron chi connectivity index (χ4n) is 10.3. The molecule has 0 heterocycles. The van der Waals surface area contributed by atoms with Gasteiger partial charge >= 0.3 is 0 Å². The number of hydrogen-bond acceptors (Lipinski definition) is 7. The lowest BCUT2D eigenvalue weighted by molar-refractivity contribution is -0.125. The molecular formula is C43H73N3O5. The van der Waals surface area contributed by atoms with Gasteiger partial charge in [0.15, 0.2) is 6.61 Å². The summed E-state index contributed by atoms with van der Waals surface area (Å²) in [4.78, 5) is 17.9. The SMILES string of the molecule is CC.CC1(c2cc3c(cc2O)CCC2C3CC[C@]3(C)/C(=N/OCC(=O)NCCOCCOCCN)CCC23)CC2CCCC(C2)C1.CCC(C)C. The van der Waals surface area contributed by atoms with Gasteiger partial charge in [0.25, 0.3) is 5.91 Å². The van der Waals surface area contributed by atoms with Gasteiger partial charge in [-0.05, 0) is 116 Å². The third-order valence-corrected chi connectivity index (χ3v) is 13.0. The molecule has 5 aliphatic carbocycles. The minimum atomic E-state index is -0.182. The van der Waals surface area contributed by atoms with E-state index in [9.17, 15) is 9.90 Å². The number of nitrogens with two attached hydrogens (primary N) is 1. The molecule has 290 valence electrons. The van der Waals surface area contributed by atoms with E-state index < -0.39 is 0 Å². The predicted octanol–water partition coefficient (Wildman–Crippen LogP) is 8.67. The molecule has 5 unspecified atom stereocenters. The van der Waals surface area contributed by atoms with E-state index in [0.717, 1.165) is 55.6 Å². The second-order valence-corrected chi connectivity index (χ2v) is 16.8. The molecule has 0 radical (unpaired) electrons. The molecule has 51 heavy (non-hydrogen) atoms. The van der Waals surface area contributed by atoms with Crippen LogP contribution in [0.5, 0.6) is 5.75 Å². The number of rotatable bonds is 13. The average Bonchev–Trinajstić information content (AvgIpc) is 3.45.